The molecule has 3 rings (SSSR count). The Bertz CT molecular complexity index is 868. The molecule has 0 radical (unpaired) electrons. The van der Waals surface area contributed by atoms with Crippen molar-refractivity contribution < 1.29 is 19.0 Å². The number of carbonyl (C=O) groups is 1. The number of nitrogens with one attached hydrogen (secondary N) is 1. The first-order valence-electron chi connectivity index (χ1n) is 7.58. The average Bonchev–Trinajstić information content (AvgIpc) is 3.10. The molecule has 0 spiro atoms. The summed E-state index contributed by atoms with van der Waals surface area (Å²) in [5.41, 5.74) is 3.27. The highest BCUT2D eigenvalue weighted by molar-refractivity contribution is 6.34. The number of hydrogen-bond acceptors (Lipinski definition) is 5. The number of halogens is 2. The average molecular weight is 393 g/mol. The van der Waals surface area contributed by atoms with E-state index in [9.17, 15) is 4.79 Å². The van der Waals surface area contributed by atoms with Crippen LogP contribution in [0.3, 0.4) is 0 Å². The summed E-state index contributed by atoms with van der Waals surface area (Å²) in [6.45, 7) is 0.00172. The van der Waals surface area contributed by atoms with Crippen LogP contribution in [0.2, 0.25) is 10.0 Å². The minimum atomic E-state index is -0.422. The molecule has 0 fully saturated rings. The van der Waals surface area contributed by atoms with Crippen LogP contribution in [0.15, 0.2) is 47.6 Å². The van der Waals surface area contributed by atoms with Crippen LogP contribution >= 0.6 is 23.2 Å². The maximum atomic E-state index is 11.7. The molecule has 2 aromatic rings. The fourth-order valence-corrected chi connectivity index (χ4v) is 2.42. The first-order chi connectivity index (χ1) is 12.6. The molecule has 1 heterocycles. The zero-order chi connectivity index (χ0) is 18.4. The highest BCUT2D eigenvalue weighted by Crippen LogP contribution is 2.32. The molecule has 1 N–H and O–H groups in total. The van der Waals surface area contributed by atoms with Gasteiger partial charge >= 0.3 is 0 Å². The summed E-state index contributed by atoms with van der Waals surface area (Å²) in [4.78, 5) is 11.7. The molecule has 1 aliphatic rings. The Kier molecular flexibility index (Phi) is 5.99. The summed E-state index contributed by atoms with van der Waals surface area (Å²) in [5.74, 6) is 1.34. The molecule has 2 aromatic carbocycles. The molecule has 1 aliphatic heterocycles. The zero-order valence-corrected chi connectivity index (χ0v) is 15.0. The normalized spacial score (nSPS) is 12.7. The van der Waals surface area contributed by atoms with Gasteiger partial charge in [0.1, 0.15) is 5.75 Å². The van der Waals surface area contributed by atoms with Crippen molar-refractivity contribution in [1.82, 2.24) is 5.43 Å². The molecule has 0 aliphatic carbocycles. The zero-order valence-electron chi connectivity index (χ0n) is 13.4. The van der Waals surface area contributed by atoms with Crippen molar-refractivity contribution in [2.75, 3.05) is 13.4 Å². The van der Waals surface area contributed by atoms with Crippen molar-refractivity contribution in [2.24, 2.45) is 5.10 Å². The summed E-state index contributed by atoms with van der Waals surface area (Å²) in [6.07, 6.45) is 4.96. The lowest BCUT2D eigenvalue weighted by Crippen LogP contribution is -2.24. The van der Waals surface area contributed by atoms with E-state index in [4.69, 9.17) is 37.4 Å². The number of fused-ring (bicyclic) bond motifs is 1. The van der Waals surface area contributed by atoms with Gasteiger partial charge in [0.05, 0.1) is 5.02 Å². The first-order valence-corrected chi connectivity index (χ1v) is 8.33. The number of rotatable bonds is 6. The third-order valence-corrected chi connectivity index (χ3v) is 3.83. The van der Waals surface area contributed by atoms with Crippen LogP contribution in [-0.4, -0.2) is 25.5 Å². The third-order valence-electron chi connectivity index (χ3n) is 3.29. The van der Waals surface area contributed by atoms with Gasteiger partial charge in [0.15, 0.2) is 18.1 Å². The maximum absolute atomic E-state index is 11.7. The predicted molar refractivity (Wildman–Crippen MR) is 100 cm³/mol. The maximum Gasteiger partial charge on any atom is 0.277 e. The molecular weight excluding hydrogens is 379 g/mol. The summed E-state index contributed by atoms with van der Waals surface area (Å²) in [6, 6.07) is 10.3. The summed E-state index contributed by atoms with van der Waals surface area (Å²) in [7, 11) is 0. The van der Waals surface area contributed by atoms with Crippen LogP contribution < -0.4 is 19.6 Å². The van der Waals surface area contributed by atoms with Crippen LogP contribution in [0, 0.1) is 0 Å². The Hall–Kier alpha value is -2.70. The molecule has 0 atom stereocenters. The van der Waals surface area contributed by atoms with Gasteiger partial charge < -0.3 is 14.2 Å². The quantitative estimate of drug-likeness (QED) is 0.597. The molecule has 0 aromatic heterocycles. The number of nitrogens with zero attached hydrogens (tertiary/aromatic N) is 1. The van der Waals surface area contributed by atoms with E-state index in [2.05, 4.69) is 10.5 Å². The van der Waals surface area contributed by atoms with Gasteiger partial charge in [-0.2, -0.15) is 5.10 Å². The van der Waals surface area contributed by atoms with Crippen LogP contribution in [0.4, 0.5) is 0 Å². The number of hydrazone groups is 1. The topological polar surface area (TPSA) is 69.2 Å². The van der Waals surface area contributed by atoms with Gasteiger partial charge in [-0.3, -0.25) is 4.79 Å². The number of amides is 1. The van der Waals surface area contributed by atoms with Crippen molar-refractivity contribution in [1.29, 1.82) is 0 Å². The Labute approximate surface area is 160 Å². The van der Waals surface area contributed by atoms with Crippen molar-refractivity contribution in [3.8, 4) is 17.2 Å². The summed E-state index contributed by atoms with van der Waals surface area (Å²) in [5, 5.41) is 4.65. The van der Waals surface area contributed by atoms with Crippen molar-refractivity contribution in [2.45, 2.75) is 0 Å². The van der Waals surface area contributed by atoms with E-state index >= 15 is 0 Å². The van der Waals surface area contributed by atoms with Crippen molar-refractivity contribution in [3.63, 3.8) is 0 Å². The molecule has 6 nitrogen and oxygen atoms in total. The van der Waals surface area contributed by atoms with Gasteiger partial charge in [-0.05, 0) is 35.9 Å². The Morgan fingerprint density at radius 1 is 1.19 bits per heavy atom. The van der Waals surface area contributed by atoms with Gasteiger partial charge in [0.2, 0.25) is 6.79 Å². The minimum absolute atomic E-state index is 0.233. The van der Waals surface area contributed by atoms with E-state index in [1.807, 2.05) is 24.3 Å². The lowest BCUT2D eigenvalue weighted by Gasteiger charge is -2.06. The van der Waals surface area contributed by atoms with Gasteiger partial charge in [-0.25, -0.2) is 5.43 Å². The van der Waals surface area contributed by atoms with Gasteiger partial charge in [-0.1, -0.05) is 35.3 Å². The van der Waals surface area contributed by atoms with E-state index < -0.39 is 5.91 Å². The molecule has 1 amide bonds. The van der Waals surface area contributed by atoms with E-state index in [-0.39, 0.29) is 13.4 Å². The molecule has 0 unspecified atom stereocenters. The Morgan fingerprint density at radius 2 is 2.04 bits per heavy atom. The number of benzene rings is 2. The van der Waals surface area contributed by atoms with Gasteiger partial charge in [0, 0.05) is 17.3 Å². The van der Waals surface area contributed by atoms with Crippen LogP contribution in [0.1, 0.15) is 5.56 Å². The monoisotopic (exact) mass is 392 g/mol. The highest BCUT2D eigenvalue weighted by atomic mass is 35.5. The van der Waals surface area contributed by atoms with Crippen LogP contribution in [0.5, 0.6) is 17.2 Å². The van der Waals surface area contributed by atoms with Crippen LogP contribution in [-0.2, 0) is 4.79 Å². The predicted octanol–water partition coefficient (Wildman–Crippen LogP) is 3.92. The van der Waals surface area contributed by atoms with Crippen molar-refractivity contribution in [3.05, 3.63) is 58.1 Å². The smallest absolute Gasteiger partial charge is 0.277 e. The van der Waals surface area contributed by atoms with Gasteiger partial charge in [0.25, 0.3) is 5.91 Å². The lowest BCUT2D eigenvalue weighted by molar-refractivity contribution is -0.123. The van der Waals surface area contributed by atoms with E-state index in [1.54, 1.807) is 18.2 Å². The molecule has 0 saturated heterocycles. The number of hydrogen-bond donors (Lipinski definition) is 1. The fourth-order valence-electron chi connectivity index (χ4n) is 2.09. The number of carbonyl (C=O) groups excluding carboxylic acids is 1. The van der Waals surface area contributed by atoms with Crippen LogP contribution in [0.25, 0.3) is 6.08 Å². The summed E-state index contributed by atoms with van der Waals surface area (Å²) >= 11 is 11.8. The van der Waals surface area contributed by atoms with E-state index in [0.717, 1.165) is 11.3 Å². The molecule has 134 valence electrons. The van der Waals surface area contributed by atoms with E-state index in [1.165, 1.54) is 12.3 Å². The standard InChI is InChI=1S/C18H14Cl2N2O4/c19-13-4-5-14(20)16(9-13)24-10-18(23)22-21-7-1-2-12-3-6-15-17(8-12)26-11-25-15/h1-9H,10-11H2,(H,22,23)/b2-1+,21-7-. The molecular formula is C18H14Cl2N2O4. The molecule has 0 bridgehead atoms. The number of ether oxygens (including phenoxy) is 3. The Balaban J connectivity index is 1.44. The van der Waals surface area contributed by atoms with Gasteiger partial charge in [-0.15, -0.1) is 0 Å². The molecule has 0 saturated carbocycles. The second kappa shape index (κ2) is 8.60. The highest BCUT2D eigenvalue weighted by Gasteiger charge is 2.12. The third kappa shape index (κ3) is 4.91. The lowest BCUT2D eigenvalue weighted by atomic mass is 10.2. The van der Waals surface area contributed by atoms with E-state index in [0.29, 0.717) is 21.5 Å². The minimum Gasteiger partial charge on any atom is -0.482 e. The largest absolute Gasteiger partial charge is 0.482 e. The second-order valence-electron chi connectivity index (χ2n) is 5.15. The Morgan fingerprint density at radius 3 is 2.92 bits per heavy atom. The second-order valence-corrected chi connectivity index (χ2v) is 5.99. The molecule has 8 heteroatoms. The number of allylic oxidation sites excluding steroid dienone is 1. The SMILES string of the molecule is O=C(COc1cc(Cl)ccc1Cl)N/N=C\C=C\c1ccc2c(c1)OCO2. The van der Waals surface area contributed by atoms with Crippen molar-refractivity contribution >= 4 is 41.4 Å². The summed E-state index contributed by atoms with van der Waals surface area (Å²) < 4.78 is 15.8. The first kappa shape index (κ1) is 18.1. The molecule has 26 heavy (non-hydrogen) atoms. The fraction of sp³-hybridized carbons (Fsp3) is 0.111.